The summed E-state index contributed by atoms with van der Waals surface area (Å²) in [5.74, 6) is -0.173. The smallest absolute Gasteiger partial charge is 0.222 e. The molecule has 1 aromatic heterocycles. The normalized spacial score (nSPS) is 18.1. The third-order valence-electron chi connectivity index (χ3n) is 3.90. The molecule has 1 fully saturated rings. The standard InChI is InChI=1S/C15H17FN4O/c16-14-4-2-1-3-12(14)5-6-15(21)19-9-7-13(11-19)20-10-8-17-18-20/h1-4,8,10,13H,5-7,9,11H2/t13-/m0/s1. The van der Waals surface area contributed by atoms with Crippen LogP contribution < -0.4 is 0 Å². The Morgan fingerprint density at radius 3 is 3.00 bits per heavy atom. The fourth-order valence-electron chi connectivity index (χ4n) is 2.70. The highest BCUT2D eigenvalue weighted by Gasteiger charge is 2.27. The molecule has 3 rings (SSSR count). The zero-order chi connectivity index (χ0) is 14.7. The number of hydrogen-bond donors (Lipinski definition) is 0. The van der Waals surface area contributed by atoms with Gasteiger partial charge in [-0.3, -0.25) is 4.79 Å². The Hall–Kier alpha value is -2.24. The molecule has 6 heteroatoms. The lowest BCUT2D eigenvalue weighted by atomic mass is 10.1. The zero-order valence-corrected chi connectivity index (χ0v) is 11.7. The molecular weight excluding hydrogens is 271 g/mol. The van der Waals surface area contributed by atoms with Crippen molar-refractivity contribution in [3.05, 3.63) is 48.0 Å². The number of likely N-dealkylation sites (tertiary alicyclic amines) is 1. The van der Waals surface area contributed by atoms with Gasteiger partial charge in [-0.1, -0.05) is 23.4 Å². The maximum Gasteiger partial charge on any atom is 0.222 e. The molecule has 0 aliphatic carbocycles. The number of aryl methyl sites for hydroxylation is 1. The Balaban J connectivity index is 1.54. The predicted octanol–water partition coefficient (Wildman–Crippen LogP) is 1.82. The van der Waals surface area contributed by atoms with Gasteiger partial charge in [0.15, 0.2) is 0 Å². The van der Waals surface area contributed by atoms with Gasteiger partial charge < -0.3 is 4.90 Å². The van der Waals surface area contributed by atoms with Gasteiger partial charge in [0, 0.05) is 25.7 Å². The number of carbonyl (C=O) groups is 1. The first-order chi connectivity index (χ1) is 10.2. The lowest BCUT2D eigenvalue weighted by Crippen LogP contribution is -2.29. The second-order valence-electron chi connectivity index (χ2n) is 5.26. The number of rotatable bonds is 4. The van der Waals surface area contributed by atoms with Crippen molar-refractivity contribution in [2.24, 2.45) is 0 Å². The summed E-state index contributed by atoms with van der Waals surface area (Å²) in [7, 11) is 0. The van der Waals surface area contributed by atoms with Gasteiger partial charge in [0.05, 0.1) is 12.2 Å². The van der Waals surface area contributed by atoms with Crippen molar-refractivity contribution in [2.45, 2.75) is 25.3 Å². The molecule has 0 N–H and O–H groups in total. The van der Waals surface area contributed by atoms with Crippen molar-refractivity contribution < 1.29 is 9.18 Å². The van der Waals surface area contributed by atoms with E-state index in [0.29, 0.717) is 24.9 Å². The van der Waals surface area contributed by atoms with Crippen LogP contribution in [0.5, 0.6) is 0 Å². The Morgan fingerprint density at radius 1 is 1.38 bits per heavy atom. The van der Waals surface area contributed by atoms with E-state index in [4.69, 9.17) is 0 Å². The number of carbonyl (C=O) groups excluding carboxylic acids is 1. The van der Waals surface area contributed by atoms with E-state index in [1.54, 1.807) is 29.1 Å². The molecule has 0 radical (unpaired) electrons. The molecule has 21 heavy (non-hydrogen) atoms. The Kier molecular flexibility index (Phi) is 3.94. The maximum absolute atomic E-state index is 13.5. The van der Waals surface area contributed by atoms with Crippen LogP contribution in [0.1, 0.15) is 24.4 Å². The SMILES string of the molecule is O=C(CCc1ccccc1F)N1CC[C@H](n2ccnn2)C1. The van der Waals surface area contributed by atoms with Crippen LogP contribution in [0, 0.1) is 5.82 Å². The predicted molar refractivity (Wildman–Crippen MR) is 75.0 cm³/mol. The van der Waals surface area contributed by atoms with Crippen LogP contribution in [0.25, 0.3) is 0 Å². The second kappa shape index (κ2) is 6.03. The van der Waals surface area contributed by atoms with Crippen LogP contribution in [0.15, 0.2) is 36.7 Å². The second-order valence-corrected chi connectivity index (χ2v) is 5.26. The van der Waals surface area contributed by atoms with E-state index in [2.05, 4.69) is 10.3 Å². The number of amides is 1. The first-order valence-corrected chi connectivity index (χ1v) is 7.11. The molecule has 1 aliphatic rings. The summed E-state index contributed by atoms with van der Waals surface area (Å²) >= 11 is 0. The summed E-state index contributed by atoms with van der Waals surface area (Å²) in [5.41, 5.74) is 0.595. The third kappa shape index (κ3) is 3.09. The highest BCUT2D eigenvalue weighted by Crippen LogP contribution is 2.21. The minimum atomic E-state index is -0.243. The van der Waals surface area contributed by atoms with E-state index in [0.717, 1.165) is 13.0 Å². The van der Waals surface area contributed by atoms with Gasteiger partial charge in [-0.2, -0.15) is 0 Å². The minimum Gasteiger partial charge on any atom is -0.340 e. The van der Waals surface area contributed by atoms with Crippen molar-refractivity contribution in [1.82, 2.24) is 19.9 Å². The third-order valence-corrected chi connectivity index (χ3v) is 3.90. The van der Waals surface area contributed by atoms with Crippen molar-refractivity contribution in [2.75, 3.05) is 13.1 Å². The molecule has 1 saturated heterocycles. The van der Waals surface area contributed by atoms with E-state index in [1.165, 1.54) is 6.07 Å². The summed E-state index contributed by atoms with van der Waals surface area (Å²) in [6.07, 6.45) is 5.12. The first kappa shape index (κ1) is 13.7. The Morgan fingerprint density at radius 2 is 2.24 bits per heavy atom. The van der Waals surface area contributed by atoms with Crippen molar-refractivity contribution in [1.29, 1.82) is 0 Å². The van der Waals surface area contributed by atoms with Crippen molar-refractivity contribution in [3.63, 3.8) is 0 Å². The summed E-state index contributed by atoms with van der Waals surface area (Å²) < 4.78 is 15.3. The molecule has 0 spiro atoms. The topological polar surface area (TPSA) is 51.0 Å². The van der Waals surface area contributed by atoms with Crippen molar-refractivity contribution in [3.8, 4) is 0 Å². The molecule has 2 heterocycles. The minimum absolute atomic E-state index is 0.0702. The van der Waals surface area contributed by atoms with Crippen LogP contribution in [-0.2, 0) is 11.2 Å². The average molecular weight is 288 g/mol. The molecule has 1 aliphatic heterocycles. The fourth-order valence-corrected chi connectivity index (χ4v) is 2.70. The molecule has 5 nitrogen and oxygen atoms in total. The maximum atomic E-state index is 13.5. The van der Waals surface area contributed by atoms with Gasteiger partial charge in [-0.15, -0.1) is 5.10 Å². The van der Waals surface area contributed by atoms with E-state index in [-0.39, 0.29) is 17.8 Å². The monoisotopic (exact) mass is 288 g/mol. The van der Waals surface area contributed by atoms with E-state index >= 15 is 0 Å². The zero-order valence-electron chi connectivity index (χ0n) is 11.7. The summed E-state index contributed by atoms with van der Waals surface area (Å²) in [6.45, 7) is 1.38. The molecule has 0 unspecified atom stereocenters. The van der Waals surface area contributed by atoms with Gasteiger partial charge in [-0.25, -0.2) is 9.07 Å². The fraction of sp³-hybridized carbons (Fsp3) is 0.400. The summed E-state index contributed by atoms with van der Waals surface area (Å²) in [6, 6.07) is 6.80. The van der Waals surface area contributed by atoms with Crippen LogP contribution in [0.3, 0.4) is 0 Å². The first-order valence-electron chi connectivity index (χ1n) is 7.11. The molecule has 2 aromatic rings. The van der Waals surface area contributed by atoms with E-state index in [1.807, 2.05) is 11.1 Å². The highest BCUT2D eigenvalue weighted by molar-refractivity contribution is 5.76. The van der Waals surface area contributed by atoms with Gasteiger partial charge >= 0.3 is 0 Å². The highest BCUT2D eigenvalue weighted by atomic mass is 19.1. The lowest BCUT2D eigenvalue weighted by molar-refractivity contribution is -0.130. The average Bonchev–Trinajstić information content (AvgIpc) is 3.16. The quantitative estimate of drug-likeness (QED) is 0.862. The van der Waals surface area contributed by atoms with E-state index < -0.39 is 0 Å². The van der Waals surface area contributed by atoms with Gasteiger partial charge in [0.25, 0.3) is 0 Å². The largest absolute Gasteiger partial charge is 0.340 e. The van der Waals surface area contributed by atoms with Gasteiger partial charge in [0.1, 0.15) is 5.82 Å². The summed E-state index contributed by atoms with van der Waals surface area (Å²) in [4.78, 5) is 14.0. The number of nitrogens with zero attached hydrogens (tertiary/aromatic N) is 4. The van der Waals surface area contributed by atoms with Crippen LogP contribution in [0.2, 0.25) is 0 Å². The summed E-state index contributed by atoms with van der Waals surface area (Å²) in [5, 5.41) is 7.77. The molecule has 0 saturated carbocycles. The van der Waals surface area contributed by atoms with Crippen LogP contribution >= 0.6 is 0 Å². The number of halogens is 1. The van der Waals surface area contributed by atoms with Crippen LogP contribution in [0.4, 0.5) is 4.39 Å². The molecular formula is C15H17FN4O. The lowest BCUT2D eigenvalue weighted by Gasteiger charge is -2.16. The Labute approximate surface area is 122 Å². The van der Waals surface area contributed by atoms with E-state index in [9.17, 15) is 9.18 Å². The molecule has 1 amide bonds. The van der Waals surface area contributed by atoms with Gasteiger partial charge in [-0.05, 0) is 24.5 Å². The Bertz CT molecular complexity index is 614. The molecule has 1 aromatic carbocycles. The van der Waals surface area contributed by atoms with Crippen molar-refractivity contribution >= 4 is 5.91 Å². The molecule has 110 valence electrons. The molecule has 0 bridgehead atoms. The van der Waals surface area contributed by atoms with Crippen LogP contribution in [-0.4, -0.2) is 38.9 Å². The number of aromatic nitrogens is 3. The molecule has 1 atom stereocenters. The van der Waals surface area contributed by atoms with Gasteiger partial charge in [0.2, 0.25) is 5.91 Å². The number of hydrogen-bond acceptors (Lipinski definition) is 3. The number of benzene rings is 1.